The second-order valence-corrected chi connectivity index (χ2v) is 9.63. The van der Waals surface area contributed by atoms with Gasteiger partial charge in [0.25, 0.3) is 0 Å². The maximum Gasteiger partial charge on any atom is 0.410 e. The van der Waals surface area contributed by atoms with Crippen molar-refractivity contribution < 1.29 is 33.6 Å². The Morgan fingerprint density at radius 1 is 1.20 bits per heavy atom. The van der Waals surface area contributed by atoms with E-state index in [2.05, 4.69) is 0 Å². The van der Waals surface area contributed by atoms with Gasteiger partial charge in [0.2, 0.25) is 6.10 Å². The quantitative estimate of drug-likeness (QED) is 0.525. The number of carbonyl (C=O) groups excluding carboxylic acids is 2. The molecule has 35 heavy (non-hydrogen) atoms. The summed E-state index contributed by atoms with van der Waals surface area (Å²) in [5, 5.41) is 11.2. The predicted octanol–water partition coefficient (Wildman–Crippen LogP) is 4.56. The first kappa shape index (κ1) is 26.6. The summed E-state index contributed by atoms with van der Waals surface area (Å²) in [6.07, 6.45) is -1.77. The van der Waals surface area contributed by atoms with Crippen molar-refractivity contribution in [2.75, 3.05) is 26.3 Å². The number of hydrogen-bond donors (Lipinski definition) is 1. The number of nitrogens with zero attached hydrogens (tertiary/aromatic N) is 1. The zero-order chi connectivity index (χ0) is 25.6. The standard InChI is InChI=1S/C26H32ClNO7/c1-5-32-24(30)23-16-33-22-13-17(9-10-21(22)34-23)11-12-28(25(31)35-26(2,3)4)15-20(29)18-7-6-8-19(27)14-18/h6-10,13-14,20,23,29H,5,11-12,15-16H2,1-4H3/t20-,23?/m0/s1. The van der Waals surface area contributed by atoms with Gasteiger partial charge in [-0.3, -0.25) is 0 Å². The van der Waals surface area contributed by atoms with E-state index in [0.717, 1.165) is 5.56 Å². The monoisotopic (exact) mass is 505 g/mol. The highest BCUT2D eigenvalue weighted by molar-refractivity contribution is 6.30. The molecule has 0 aromatic heterocycles. The molecule has 0 aliphatic carbocycles. The summed E-state index contributed by atoms with van der Waals surface area (Å²) in [6.45, 7) is 7.79. The lowest BCUT2D eigenvalue weighted by atomic mass is 10.1. The molecular formula is C26H32ClNO7. The molecule has 1 amide bonds. The third kappa shape index (κ3) is 7.77. The number of fused-ring (bicyclic) bond motifs is 1. The van der Waals surface area contributed by atoms with Gasteiger partial charge in [-0.15, -0.1) is 0 Å². The number of benzene rings is 2. The van der Waals surface area contributed by atoms with Crippen LogP contribution >= 0.6 is 11.6 Å². The number of rotatable bonds is 8. The van der Waals surface area contributed by atoms with Gasteiger partial charge in [0.1, 0.15) is 12.2 Å². The van der Waals surface area contributed by atoms with Crippen molar-refractivity contribution in [3.63, 3.8) is 0 Å². The summed E-state index contributed by atoms with van der Waals surface area (Å²) < 4.78 is 22.0. The van der Waals surface area contributed by atoms with Crippen molar-refractivity contribution in [3.05, 3.63) is 58.6 Å². The number of hydrogen-bond acceptors (Lipinski definition) is 7. The van der Waals surface area contributed by atoms with Crippen LogP contribution in [-0.4, -0.2) is 60.1 Å². The number of halogens is 1. The molecule has 1 N–H and O–H groups in total. The van der Waals surface area contributed by atoms with Gasteiger partial charge in [0.05, 0.1) is 19.3 Å². The lowest BCUT2D eigenvalue weighted by Gasteiger charge is -2.29. The number of amides is 1. The van der Waals surface area contributed by atoms with Crippen LogP contribution in [-0.2, 0) is 20.7 Å². The molecule has 0 bridgehead atoms. The SMILES string of the molecule is CCOC(=O)C1COc2cc(CCN(C[C@H](O)c3cccc(Cl)c3)C(=O)OC(C)(C)C)ccc2O1. The third-order valence-corrected chi connectivity index (χ3v) is 5.40. The summed E-state index contributed by atoms with van der Waals surface area (Å²) in [7, 11) is 0. The first-order valence-electron chi connectivity index (χ1n) is 11.6. The molecule has 1 unspecified atom stereocenters. The average molecular weight is 506 g/mol. The Hall–Kier alpha value is -2.97. The van der Waals surface area contributed by atoms with Crippen LogP contribution in [0, 0.1) is 0 Å². The topological polar surface area (TPSA) is 94.5 Å². The molecule has 1 aliphatic heterocycles. The molecule has 2 aromatic rings. The van der Waals surface area contributed by atoms with Crippen LogP contribution in [0.2, 0.25) is 5.02 Å². The second-order valence-electron chi connectivity index (χ2n) is 9.20. The second kappa shape index (κ2) is 11.6. The molecular weight excluding hydrogens is 474 g/mol. The number of esters is 1. The number of aliphatic hydroxyl groups is 1. The van der Waals surface area contributed by atoms with E-state index in [1.54, 1.807) is 58.0 Å². The van der Waals surface area contributed by atoms with Gasteiger partial charge in [-0.1, -0.05) is 29.8 Å². The Bertz CT molecular complexity index is 1040. The van der Waals surface area contributed by atoms with Gasteiger partial charge in [0, 0.05) is 11.6 Å². The van der Waals surface area contributed by atoms with Crippen LogP contribution in [0.25, 0.3) is 0 Å². The smallest absolute Gasteiger partial charge is 0.410 e. The molecule has 2 atom stereocenters. The van der Waals surface area contributed by atoms with Gasteiger partial charge >= 0.3 is 12.1 Å². The fourth-order valence-corrected chi connectivity index (χ4v) is 3.70. The van der Waals surface area contributed by atoms with E-state index in [1.807, 2.05) is 12.1 Å². The van der Waals surface area contributed by atoms with Gasteiger partial charge in [0.15, 0.2) is 11.5 Å². The highest BCUT2D eigenvalue weighted by Gasteiger charge is 2.29. The molecule has 0 fully saturated rings. The molecule has 0 radical (unpaired) electrons. The maximum absolute atomic E-state index is 12.9. The molecule has 9 heteroatoms. The lowest BCUT2D eigenvalue weighted by molar-refractivity contribution is -0.153. The van der Waals surface area contributed by atoms with Crippen LogP contribution in [0.4, 0.5) is 4.79 Å². The normalized spacial score (nSPS) is 15.8. The number of ether oxygens (including phenoxy) is 4. The minimum Gasteiger partial charge on any atom is -0.485 e. The van der Waals surface area contributed by atoms with Crippen molar-refractivity contribution in [3.8, 4) is 11.5 Å². The van der Waals surface area contributed by atoms with Crippen LogP contribution in [0.3, 0.4) is 0 Å². The van der Waals surface area contributed by atoms with E-state index in [1.165, 1.54) is 4.90 Å². The summed E-state index contributed by atoms with van der Waals surface area (Å²) in [5.74, 6) is 0.512. The molecule has 0 saturated heterocycles. The highest BCUT2D eigenvalue weighted by Crippen LogP contribution is 2.33. The molecule has 1 heterocycles. The Labute approximate surface area is 210 Å². The van der Waals surface area contributed by atoms with Gasteiger partial charge < -0.3 is 29.0 Å². The minimum atomic E-state index is -0.929. The molecule has 2 aromatic carbocycles. The molecule has 3 rings (SSSR count). The Balaban J connectivity index is 1.69. The van der Waals surface area contributed by atoms with Crippen LogP contribution in [0.15, 0.2) is 42.5 Å². The molecule has 0 spiro atoms. The van der Waals surface area contributed by atoms with Crippen LogP contribution in [0.5, 0.6) is 11.5 Å². The van der Waals surface area contributed by atoms with Gasteiger partial charge in [-0.2, -0.15) is 0 Å². The summed E-state index contributed by atoms with van der Waals surface area (Å²) in [4.78, 5) is 26.3. The number of aliphatic hydroxyl groups excluding tert-OH is 1. The number of carbonyl (C=O) groups is 2. The third-order valence-electron chi connectivity index (χ3n) is 5.17. The largest absolute Gasteiger partial charge is 0.485 e. The Kier molecular flexibility index (Phi) is 8.86. The van der Waals surface area contributed by atoms with E-state index in [9.17, 15) is 14.7 Å². The Morgan fingerprint density at radius 2 is 1.97 bits per heavy atom. The van der Waals surface area contributed by atoms with E-state index in [-0.39, 0.29) is 19.8 Å². The van der Waals surface area contributed by atoms with Crippen LogP contribution in [0.1, 0.15) is 44.9 Å². The summed E-state index contributed by atoms with van der Waals surface area (Å²) in [6, 6.07) is 12.3. The van der Waals surface area contributed by atoms with E-state index >= 15 is 0 Å². The highest BCUT2D eigenvalue weighted by atomic mass is 35.5. The van der Waals surface area contributed by atoms with E-state index < -0.39 is 29.9 Å². The molecule has 8 nitrogen and oxygen atoms in total. The fourth-order valence-electron chi connectivity index (χ4n) is 3.50. The van der Waals surface area contributed by atoms with Crippen molar-refractivity contribution in [1.82, 2.24) is 4.90 Å². The maximum atomic E-state index is 12.9. The van der Waals surface area contributed by atoms with E-state index in [0.29, 0.717) is 35.1 Å². The predicted molar refractivity (Wildman–Crippen MR) is 131 cm³/mol. The van der Waals surface area contributed by atoms with Crippen molar-refractivity contribution in [1.29, 1.82) is 0 Å². The lowest BCUT2D eigenvalue weighted by Crippen LogP contribution is -2.40. The van der Waals surface area contributed by atoms with Crippen molar-refractivity contribution in [2.24, 2.45) is 0 Å². The molecule has 190 valence electrons. The van der Waals surface area contributed by atoms with Crippen LogP contribution < -0.4 is 9.47 Å². The first-order chi connectivity index (χ1) is 16.6. The summed E-state index contributed by atoms with van der Waals surface area (Å²) >= 11 is 6.05. The molecule has 0 saturated carbocycles. The Morgan fingerprint density at radius 3 is 2.66 bits per heavy atom. The zero-order valence-corrected chi connectivity index (χ0v) is 21.2. The average Bonchev–Trinajstić information content (AvgIpc) is 2.80. The zero-order valence-electron chi connectivity index (χ0n) is 20.5. The molecule has 1 aliphatic rings. The fraction of sp³-hybridized carbons (Fsp3) is 0.462. The van der Waals surface area contributed by atoms with Gasteiger partial charge in [-0.25, -0.2) is 9.59 Å². The van der Waals surface area contributed by atoms with Crippen molar-refractivity contribution >= 4 is 23.7 Å². The first-order valence-corrected chi connectivity index (χ1v) is 11.9. The summed E-state index contributed by atoms with van der Waals surface area (Å²) in [5.41, 5.74) is 0.831. The van der Waals surface area contributed by atoms with Gasteiger partial charge in [-0.05, 0) is 69.5 Å². The minimum absolute atomic E-state index is 0.0427. The van der Waals surface area contributed by atoms with E-state index in [4.69, 9.17) is 30.5 Å². The van der Waals surface area contributed by atoms with Crippen molar-refractivity contribution in [2.45, 2.75) is 51.9 Å².